The third-order valence-corrected chi connectivity index (χ3v) is 5.72. The van der Waals surface area contributed by atoms with Gasteiger partial charge in [-0.2, -0.15) is 13.2 Å². The van der Waals surface area contributed by atoms with Crippen molar-refractivity contribution in [2.24, 2.45) is 0 Å². The van der Waals surface area contributed by atoms with Crippen molar-refractivity contribution in [2.75, 3.05) is 18.1 Å². The highest BCUT2D eigenvalue weighted by atomic mass is 19.4. The number of aryl methyl sites for hydroxylation is 1. The topological polar surface area (TPSA) is 65.1 Å². The highest BCUT2D eigenvalue weighted by Crippen LogP contribution is 2.36. The van der Waals surface area contributed by atoms with Gasteiger partial charge in [0.1, 0.15) is 18.1 Å². The van der Waals surface area contributed by atoms with E-state index in [-0.39, 0.29) is 32.3 Å². The lowest BCUT2D eigenvalue weighted by Crippen LogP contribution is -2.23. The molecule has 0 unspecified atom stereocenters. The minimum absolute atomic E-state index is 0.176. The zero-order valence-electron chi connectivity index (χ0n) is 19.7. The molecule has 3 aromatic carbocycles. The first-order valence-electron chi connectivity index (χ1n) is 11.3. The van der Waals surface area contributed by atoms with Gasteiger partial charge in [0.2, 0.25) is 0 Å². The van der Waals surface area contributed by atoms with E-state index in [0.29, 0.717) is 28.3 Å². The Balaban J connectivity index is 1.44. The first-order chi connectivity index (χ1) is 17.2. The smallest absolute Gasteiger partial charge is 0.416 e. The molecule has 3 aromatic rings. The predicted molar refractivity (Wildman–Crippen MR) is 126 cm³/mol. The summed E-state index contributed by atoms with van der Waals surface area (Å²) in [4.78, 5) is 25.9. The van der Waals surface area contributed by atoms with Crippen LogP contribution in [0.1, 0.15) is 39.5 Å². The summed E-state index contributed by atoms with van der Waals surface area (Å²) in [5, 5.41) is 0. The molecule has 0 aromatic heterocycles. The Morgan fingerprint density at radius 3 is 2.42 bits per heavy atom. The molecule has 0 saturated heterocycles. The van der Waals surface area contributed by atoms with E-state index >= 15 is 0 Å². The average Bonchev–Trinajstić information content (AvgIpc) is 3.19. The molecular weight excluding hydrogens is 475 g/mol. The standard InChI is InChI=1S/C27H24F3NO5/c1-3-34-25(32)16-36-23-12-7-18(13-17(23)2)15-35-24-6-4-5-21-22(24)14-31(26(21)33)20-10-8-19(9-11-20)27(28,29)30/h4-13H,3,14-16H2,1-2H3. The van der Waals surface area contributed by atoms with E-state index in [1.54, 1.807) is 31.2 Å². The zero-order chi connectivity index (χ0) is 25.9. The van der Waals surface area contributed by atoms with Crippen molar-refractivity contribution < 1.29 is 37.0 Å². The average molecular weight is 499 g/mol. The minimum atomic E-state index is -4.44. The van der Waals surface area contributed by atoms with E-state index in [9.17, 15) is 22.8 Å². The van der Waals surface area contributed by atoms with Gasteiger partial charge < -0.3 is 19.1 Å². The highest BCUT2D eigenvalue weighted by Gasteiger charge is 2.33. The monoisotopic (exact) mass is 499 g/mol. The van der Waals surface area contributed by atoms with Crippen LogP contribution < -0.4 is 14.4 Å². The summed E-state index contributed by atoms with van der Waals surface area (Å²) >= 11 is 0. The molecule has 0 radical (unpaired) electrons. The van der Waals surface area contributed by atoms with Crippen LogP contribution in [-0.2, 0) is 28.9 Å². The quantitative estimate of drug-likeness (QED) is 0.373. The Labute approximate surface area is 206 Å². The first kappa shape index (κ1) is 25.1. The summed E-state index contributed by atoms with van der Waals surface area (Å²) in [6.07, 6.45) is -4.44. The number of hydrogen-bond acceptors (Lipinski definition) is 5. The second kappa shape index (κ2) is 10.3. The van der Waals surface area contributed by atoms with Crippen LogP contribution in [0, 0.1) is 6.92 Å². The van der Waals surface area contributed by atoms with Gasteiger partial charge in [0.15, 0.2) is 6.61 Å². The zero-order valence-corrected chi connectivity index (χ0v) is 19.7. The van der Waals surface area contributed by atoms with Crippen molar-refractivity contribution in [3.63, 3.8) is 0 Å². The van der Waals surface area contributed by atoms with Crippen LogP contribution in [0.5, 0.6) is 11.5 Å². The van der Waals surface area contributed by atoms with Crippen LogP contribution in [0.15, 0.2) is 60.7 Å². The van der Waals surface area contributed by atoms with Gasteiger partial charge in [0.05, 0.1) is 18.7 Å². The van der Waals surface area contributed by atoms with Gasteiger partial charge in [0, 0.05) is 16.8 Å². The molecule has 36 heavy (non-hydrogen) atoms. The van der Waals surface area contributed by atoms with Crippen LogP contribution in [0.2, 0.25) is 0 Å². The molecular formula is C27H24F3NO5. The third-order valence-electron chi connectivity index (χ3n) is 5.72. The first-order valence-corrected chi connectivity index (χ1v) is 11.3. The lowest BCUT2D eigenvalue weighted by molar-refractivity contribution is -0.145. The number of anilines is 1. The maximum Gasteiger partial charge on any atom is 0.416 e. The number of carbonyl (C=O) groups is 2. The van der Waals surface area contributed by atoms with Crippen molar-refractivity contribution in [2.45, 2.75) is 33.2 Å². The highest BCUT2D eigenvalue weighted by molar-refractivity contribution is 6.10. The van der Waals surface area contributed by atoms with Crippen molar-refractivity contribution >= 4 is 17.6 Å². The number of rotatable bonds is 8. The van der Waals surface area contributed by atoms with Crippen LogP contribution in [0.4, 0.5) is 18.9 Å². The Bertz CT molecular complexity index is 1270. The summed E-state index contributed by atoms with van der Waals surface area (Å²) in [6, 6.07) is 15.1. The molecule has 0 aliphatic carbocycles. The van der Waals surface area contributed by atoms with E-state index in [1.165, 1.54) is 17.0 Å². The molecule has 1 aliphatic rings. The van der Waals surface area contributed by atoms with Crippen LogP contribution >= 0.6 is 0 Å². The maximum absolute atomic E-state index is 12.9. The van der Waals surface area contributed by atoms with Gasteiger partial charge in [-0.05, 0) is 73.5 Å². The number of fused-ring (bicyclic) bond motifs is 1. The van der Waals surface area contributed by atoms with E-state index in [0.717, 1.165) is 23.3 Å². The van der Waals surface area contributed by atoms with Gasteiger partial charge in [-0.3, -0.25) is 4.79 Å². The summed E-state index contributed by atoms with van der Waals surface area (Å²) < 4.78 is 55.0. The van der Waals surface area contributed by atoms with Crippen molar-refractivity contribution in [1.82, 2.24) is 0 Å². The number of esters is 1. The maximum atomic E-state index is 12.9. The number of nitrogens with zero attached hydrogens (tertiary/aromatic N) is 1. The summed E-state index contributed by atoms with van der Waals surface area (Å²) in [5.41, 5.74) is 2.41. The molecule has 188 valence electrons. The van der Waals surface area contributed by atoms with E-state index in [1.807, 2.05) is 19.1 Å². The molecule has 1 aliphatic heterocycles. The molecule has 9 heteroatoms. The third kappa shape index (κ3) is 5.45. The van der Waals surface area contributed by atoms with Gasteiger partial charge in [-0.25, -0.2) is 4.79 Å². The molecule has 1 amide bonds. The number of alkyl halides is 3. The number of benzene rings is 3. The predicted octanol–water partition coefficient (Wildman–Crippen LogP) is 5.70. The molecule has 0 fully saturated rings. The number of carbonyl (C=O) groups excluding carboxylic acids is 2. The Kier molecular flexibility index (Phi) is 7.19. The lowest BCUT2D eigenvalue weighted by Gasteiger charge is -2.17. The SMILES string of the molecule is CCOC(=O)COc1ccc(COc2cccc3c2CN(c2ccc(C(F)(F)F)cc2)C3=O)cc1C. The Morgan fingerprint density at radius 2 is 1.75 bits per heavy atom. The normalized spacial score (nSPS) is 12.9. The Morgan fingerprint density at radius 1 is 1.00 bits per heavy atom. The van der Waals surface area contributed by atoms with Crippen molar-refractivity contribution in [1.29, 1.82) is 0 Å². The lowest BCUT2D eigenvalue weighted by atomic mass is 10.1. The van der Waals surface area contributed by atoms with Gasteiger partial charge in [-0.1, -0.05) is 12.1 Å². The van der Waals surface area contributed by atoms with Crippen molar-refractivity contribution in [3.8, 4) is 11.5 Å². The van der Waals surface area contributed by atoms with Gasteiger partial charge >= 0.3 is 12.1 Å². The second-order valence-corrected chi connectivity index (χ2v) is 8.20. The largest absolute Gasteiger partial charge is 0.489 e. The summed E-state index contributed by atoms with van der Waals surface area (Å²) in [6.45, 7) is 4.10. The number of halogens is 3. The molecule has 0 saturated carbocycles. The van der Waals surface area contributed by atoms with E-state index in [4.69, 9.17) is 14.2 Å². The molecule has 6 nitrogen and oxygen atoms in total. The van der Waals surface area contributed by atoms with E-state index < -0.39 is 17.7 Å². The number of hydrogen-bond donors (Lipinski definition) is 0. The van der Waals surface area contributed by atoms with Crippen LogP contribution in [0.25, 0.3) is 0 Å². The molecule has 0 spiro atoms. The fourth-order valence-electron chi connectivity index (χ4n) is 3.94. The van der Waals surface area contributed by atoms with Crippen LogP contribution in [-0.4, -0.2) is 25.1 Å². The summed E-state index contributed by atoms with van der Waals surface area (Å²) in [7, 11) is 0. The summed E-state index contributed by atoms with van der Waals surface area (Å²) in [5.74, 6) is 0.344. The van der Waals surface area contributed by atoms with E-state index in [2.05, 4.69) is 0 Å². The molecule has 1 heterocycles. The number of ether oxygens (including phenoxy) is 3. The van der Waals surface area contributed by atoms with Gasteiger partial charge in [-0.15, -0.1) is 0 Å². The molecule has 0 bridgehead atoms. The second-order valence-electron chi connectivity index (χ2n) is 8.20. The molecule has 0 atom stereocenters. The fraction of sp³-hybridized carbons (Fsp3) is 0.259. The fourth-order valence-corrected chi connectivity index (χ4v) is 3.94. The number of amides is 1. The molecule has 0 N–H and O–H groups in total. The minimum Gasteiger partial charge on any atom is -0.489 e. The van der Waals surface area contributed by atoms with Crippen LogP contribution in [0.3, 0.4) is 0 Å². The van der Waals surface area contributed by atoms with Crippen molar-refractivity contribution in [3.05, 3.63) is 88.5 Å². The Hall–Kier alpha value is -4.01. The molecule has 4 rings (SSSR count). The van der Waals surface area contributed by atoms with Gasteiger partial charge in [0.25, 0.3) is 5.91 Å².